The molecule has 0 aliphatic rings. The molecule has 8 heteroatoms. The molecule has 130 valence electrons. The Morgan fingerprint density at radius 2 is 1.76 bits per heavy atom. The second-order valence-corrected chi connectivity index (χ2v) is 6.71. The average molecular weight is 397 g/mol. The van der Waals surface area contributed by atoms with E-state index in [1.165, 1.54) is 11.8 Å². The first-order chi connectivity index (χ1) is 12.2. The lowest BCUT2D eigenvalue weighted by molar-refractivity contribution is 0.343. The zero-order chi connectivity index (χ0) is 17.6. The van der Waals surface area contributed by atoms with E-state index in [2.05, 4.69) is 10.2 Å². The highest BCUT2D eigenvalue weighted by Crippen LogP contribution is 2.32. The van der Waals surface area contributed by atoms with Gasteiger partial charge in [-0.2, -0.15) is 0 Å². The van der Waals surface area contributed by atoms with E-state index in [4.69, 9.17) is 37.1 Å². The van der Waals surface area contributed by atoms with Crippen LogP contribution in [-0.2, 0) is 0 Å². The summed E-state index contributed by atoms with van der Waals surface area (Å²) >= 11 is 13.5. The van der Waals surface area contributed by atoms with E-state index in [9.17, 15) is 0 Å². The van der Waals surface area contributed by atoms with Crippen molar-refractivity contribution in [3.8, 4) is 23.0 Å². The summed E-state index contributed by atoms with van der Waals surface area (Å²) in [7, 11) is 1.62. The number of ether oxygens (including phenoxy) is 2. The summed E-state index contributed by atoms with van der Waals surface area (Å²) in [6.07, 6.45) is 0. The highest BCUT2D eigenvalue weighted by atomic mass is 35.5. The highest BCUT2D eigenvalue weighted by molar-refractivity contribution is 7.99. The molecule has 0 atom stereocenters. The van der Waals surface area contributed by atoms with E-state index < -0.39 is 0 Å². The molecule has 0 fully saturated rings. The number of hydrogen-bond acceptors (Lipinski definition) is 6. The molecule has 2 aromatic carbocycles. The van der Waals surface area contributed by atoms with Crippen molar-refractivity contribution in [2.24, 2.45) is 0 Å². The van der Waals surface area contributed by atoms with Gasteiger partial charge in [0, 0.05) is 11.3 Å². The Morgan fingerprint density at radius 3 is 2.44 bits per heavy atom. The van der Waals surface area contributed by atoms with Crippen molar-refractivity contribution in [1.29, 1.82) is 0 Å². The van der Waals surface area contributed by atoms with Gasteiger partial charge in [-0.3, -0.25) is 0 Å². The first-order valence-electron chi connectivity index (χ1n) is 7.35. The van der Waals surface area contributed by atoms with Crippen LogP contribution in [0.2, 0.25) is 10.0 Å². The Morgan fingerprint density at radius 1 is 1.04 bits per heavy atom. The number of aromatic nitrogens is 2. The molecule has 0 radical (unpaired) electrons. The molecule has 3 rings (SSSR count). The fraction of sp³-hybridized carbons (Fsp3) is 0.176. The third kappa shape index (κ3) is 4.60. The second kappa shape index (κ2) is 8.47. The Hall–Kier alpha value is -1.89. The monoisotopic (exact) mass is 396 g/mol. The maximum Gasteiger partial charge on any atom is 0.276 e. The topological polar surface area (TPSA) is 57.4 Å². The number of halogens is 2. The Bertz CT molecular complexity index is 820. The van der Waals surface area contributed by atoms with Gasteiger partial charge in [-0.05, 0) is 36.4 Å². The van der Waals surface area contributed by atoms with Crippen LogP contribution in [-0.4, -0.2) is 29.7 Å². The van der Waals surface area contributed by atoms with Crippen molar-refractivity contribution in [2.45, 2.75) is 5.22 Å². The van der Waals surface area contributed by atoms with Crippen LogP contribution in [0.5, 0.6) is 11.5 Å². The Balaban J connectivity index is 1.53. The standard InChI is InChI=1S/C17H14Cl2N2O3S/c1-22-12-7-5-11(6-8-12)16-20-21-17(24-16)25-10-9-23-15-13(18)3-2-4-14(15)19/h2-8H,9-10H2,1H3. The average Bonchev–Trinajstić information content (AvgIpc) is 3.10. The van der Waals surface area contributed by atoms with Gasteiger partial charge in [0.1, 0.15) is 5.75 Å². The summed E-state index contributed by atoms with van der Waals surface area (Å²) in [5.74, 6) is 2.33. The van der Waals surface area contributed by atoms with Crippen LogP contribution in [0.3, 0.4) is 0 Å². The number of thioether (sulfide) groups is 1. The van der Waals surface area contributed by atoms with Crippen molar-refractivity contribution in [1.82, 2.24) is 10.2 Å². The Kier molecular flexibility index (Phi) is 6.07. The number of para-hydroxylation sites is 1. The highest BCUT2D eigenvalue weighted by Gasteiger charge is 2.10. The molecule has 0 unspecified atom stereocenters. The van der Waals surface area contributed by atoms with Crippen LogP contribution in [0.25, 0.3) is 11.5 Å². The lowest BCUT2D eigenvalue weighted by atomic mass is 10.2. The van der Waals surface area contributed by atoms with Gasteiger partial charge in [-0.25, -0.2) is 0 Å². The zero-order valence-corrected chi connectivity index (χ0v) is 15.6. The van der Waals surface area contributed by atoms with Crippen LogP contribution in [0.1, 0.15) is 0 Å². The molecular formula is C17H14Cl2N2O3S. The van der Waals surface area contributed by atoms with Crippen LogP contribution < -0.4 is 9.47 Å². The minimum Gasteiger partial charge on any atom is -0.497 e. The predicted molar refractivity (Wildman–Crippen MR) is 99.0 cm³/mol. The van der Waals surface area contributed by atoms with E-state index >= 15 is 0 Å². The first kappa shape index (κ1) is 17.9. The number of benzene rings is 2. The number of methoxy groups -OCH3 is 1. The van der Waals surface area contributed by atoms with Crippen molar-refractivity contribution in [3.05, 3.63) is 52.5 Å². The third-order valence-corrected chi connectivity index (χ3v) is 4.60. The second-order valence-electron chi connectivity index (χ2n) is 4.85. The molecule has 1 aromatic heterocycles. The van der Waals surface area contributed by atoms with Gasteiger partial charge in [0.05, 0.1) is 23.8 Å². The van der Waals surface area contributed by atoms with E-state index in [1.807, 2.05) is 24.3 Å². The van der Waals surface area contributed by atoms with Crippen LogP contribution in [0.15, 0.2) is 52.1 Å². The van der Waals surface area contributed by atoms with E-state index in [-0.39, 0.29) is 0 Å². The molecule has 0 amide bonds. The van der Waals surface area contributed by atoms with Crippen molar-refractivity contribution in [3.63, 3.8) is 0 Å². The molecule has 25 heavy (non-hydrogen) atoms. The lowest BCUT2D eigenvalue weighted by Gasteiger charge is -2.08. The lowest BCUT2D eigenvalue weighted by Crippen LogP contribution is -2.01. The molecule has 0 spiro atoms. The summed E-state index contributed by atoms with van der Waals surface area (Å²) in [4.78, 5) is 0. The summed E-state index contributed by atoms with van der Waals surface area (Å²) in [5.41, 5.74) is 0.833. The number of nitrogens with zero attached hydrogens (tertiary/aromatic N) is 2. The van der Waals surface area contributed by atoms with Crippen molar-refractivity contribution < 1.29 is 13.9 Å². The smallest absolute Gasteiger partial charge is 0.276 e. The van der Waals surface area contributed by atoms with E-state index in [0.717, 1.165) is 11.3 Å². The van der Waals surface area contributed by atoms with E-state index in [0.29, 0.717) is 39.3 Å². The molecule has 3 aromatic rings. The number of rotatable bonds is 7. The number of hydrogen-bond donors (Lipinski definition) is 0. The molecule has 0 aliphatic heterocycles. The van der Waals surface area contributed by atoms with Gasteiger partial charge in [-0.1, -0.05) is 41.0 Å². The zero-order valence-electron chi connectivity index (χ0n) is 13.2. The van der Waals surface area contributed by atoms with Crippen LogP contribution in [0, 0.1) is 0 Å². The minimum atomic E-state index is 0.411. The summed E-state index contributed by atoms with van der Waals surface area (Å²) in [6, 6.07) is 12.6. The van der Waals surface area contributed by atoms with Gasteiger partial charge in [0.15, 0.2) is 5.75 Å². The maximum atomic E-state index is 6.05. The fourth-order valence-electron chi connectivity index (χ4n) is 2.01. The van der Waals surface area contributed by atoms with E-state index in [1.54, 1.807) is 25.3 Å². The van der Waals surface area contributed by atoms with Crippen LogP contribution in [0.4, 0.5) is 0 Å². The van der Waals surface area contributed by atoms with Gasteiger partial charge in [0.25, 0.3) is 5.22 Å². The normalized spacial score (nSPS) is 10.7. The molecule has 5 nitrogen and oxygen atoms in total. The largest absolute Gasteiger partial charge is 0.497 e. The SMILES string of the molecule is COc1ccc(-c2nnc(SCCOc3c(Cl)cccc3Cl)o2)cc1. The van der Waals surface area contributed by atoms with Crippen molar-refractivity contribution in [2.75, 3.05) is 19.5 Å². The Labute approximate surface area is 159 Å². The van der Waals surface area contributed by atoms with Crippen molar-refractivity contribution >= 4 is 35.0 Å². The minimum absolute atomic E-state index is 0.411. The van der Waals surface area contributed by atoms with Gasteiger partial charge >= 0.3 is 0 Å². The molecule has 0 saturated carbocycles. The predicted octanol–water partition coefficient (Wildman–Crippen LogP) is 5.22. The van der Waals surface area contributed by atoms with Gasteiger partial charge in [0.2, 0.25) is 5.89 Å². The molecule has 1 heterocycles. The molecular weight excluding hydrogens is 383 g/mol. The molecule has 0 saturated heterocycles. The first-order valence-corrected chi connectivity index (χ1v) is 9.09. The summed E-state index contributed by atoms with van der Waals surface area (Å²) < 4.78 is 16.4. The fourth-order valence-corrected chi connectivity index (χ4v) is 3.10. The maximum absolute atomic E-state index is 6.05. The van der Waals surface area contributed by atoms with Gasteiger partial charge in [-0.15, -0.1) is 10.2 Å². The molecule has 0 aliphatic carbocycles. The van der Waals surface area contributed by atoms with Gasteiger partial charge < -0.3 is 13.9 Å². The summed E-state index contributed by atoms with van der Waals surface area (Å²) in [6.45, 7) is 0.411. The molecule has 0 N–H and O–H groups in total. The molecule has 0 bridgehead atoms. The third-order valence-electron chi connectivity index (χ3n) is 3.22. The summed E-state index contributed by atoms with van der Waals surface area (Å²) in [5, 5.41) is 9.51. The van der Waals surface area contributed by atoms with Crippen LogP contribution >= 0.6 is 35.0 Å². The quantitative estimate of drug-likeness (QED) is 0.402.